The van der Waals surface area contributed by atoms with Gasteiger partial charge in [-0.05, 0) is 18.1 Å². The lowest BCUT2D eigenvalue weighted by molar-refractivity contribution is -0.145. The molecule has 2 aromatic rings. The summed E-state index contributed by atoms with van der Waals surface area (Å²) in [5.74, 6) is -1.55. The summed E-state index contributed by atoms with van der Waals surface area (Å²) < 4.78 is 26.2. The molecule has 4 nitrogen and oxygen atoms in total. The Bertz CT molecular complexity index is 1050. The third-order valence-electron chi connectivity index (χ3n) is 6.22. The standard InChI is InChI=1S/C23H19F2NO3/c1-21(2)22(14-26,13-18(24)25)23(21,20(28)29)12-15-7-6-10-17(11-15)19(27)16-8-4-3-5-9-16/h3-11,13H,12H2,1-2H3,(H,28,29)/t22-,23+/m0/s1. The molecule has 0 heterocycles. The number of carbonyl (C=O) groups is 2. The molecule has 148 valence electrons. The minimum atomic E-state index is -2.09. The van der Waals surface area contributed by atoms with Crippen molar-refractivity contribution in [1.82, 2.24) is 0 Å². The zero-order chi connectivity index (χ0) is 21.4. The Balaban J connectivity index is 2.03. The van der Waals surface area contributed by atoms with E-state index in [1.165, 1.54) is 13.8 Å². The molecule has 0 radical (unpaired) electrons. The minimum Gasteiger partial charge on any atom is -0.481 e. The first-order chi connectivity index (χ1) is 13.6. The molecule has 1 aliphatic rings. The number of carboxylic acid groups (broad SMARTS) is 1. The summed E-state index contributed by atoms with van der Waals surface area (Å²) in [7, 11) is 0. The summed E-state index contributed by atoms with van der Waals surface area (Å²) in [6.45, 7) is 3.01. The molecule has 1 N–H and O–H groups in total. The summed E-state index contributed by atoms with van der Waals surface area (Å²) in [5.41, 5.74) is -3.45. The van der Waals surface area contributed by atoms with E-state index < -0.39 is 28.3 Å². The van der Waals surface area contributed by atoms with E-state index in [4.69, 9.17) is 0 Å². The number of carboxylic acids is 1. The Labute approximate surface area is 167 Å². The molecule has 29 heavy (non-hydrogen) atoms. The van der Waals surface area contributed by atoms with E-state index in [-0.39, 0.29) is 12.2 Å². The van der Waals surface area contributed by atoms with Gasteiger partial charge in [-0.15, -0.1) is 0 Å². The molecule has 2 atom stereocenters. The van der Waals surface area contributed by atoms with Crippen LogP contribution in [0.15, 0.2) is 66.8 Å². The molecule has 1 fully saturated rings. The van der Waals surface area contributed by atoms with Crippen LogP contribution in [0, 0.1) is 27.6 Å². The molecule has 0 aliphatic heterocycles. The average molecular weight is 395 g/mol. The number of aliphatic carboxylic acids is 1. The van der Waals surface area contributed by atoms with Gasteiger partial charge in [0.05, 0.1) is 6.07 Å². The lowest BCUT2D eigenvalue weighted by atomic mass is 9.85. The first-order valence-corrected chi connectivity index (χ1v) is 9.00. The van der Waals surface area contributed by atoms with Gasteiger partial charge in [0, 0.05) is 22.6 Å². The first-order valence-electron chi connectivity index (χ1n) is 9.00. The molecular formula is C23H19F2NO3. The van der Waals surface area contributed by atoms with E-state index in [9.17, 15) is 28.7 Å². The van der Waals surface area contributed by atoms with Gasteiger partial charge < -0.3 is 5.11 Å². The molecule has 6 heteroatoms. The van der Waals surface area contributed by atoms with E-state index in [1.807, 2.05) is 6.07 Å². The number of hydrogen-bond acceptors (Lipinski definition) is 3. The van der Waals surface area contributed by atoms with Gasteiger partial charge in [-0.3, -0.25) is 9.59 Å². The summed E-state index contributed by atoms with van der Waals surface area (Å²) in [5, 5.41) is 19.6. The Morgan fingerprint density at radius 1 is 1.07 bits per heavy atom. The molecule has 0 saturated heterocycles. The maximum atomic E-state index is 13.1. The maximum Gasteiger partial charge on any atom is 0.312 e. The highest BCUT2D eigenvalue weighted by Gasteiger charge is 2.86. The predicted octanol–water partition coefficient (Wildman–Crippen LogP) is 4.86. The van der Waals surface area contributed by atoms with Crippen LogP contribution in [0.25, 0.3) is 0 Å². The zero-order valence-electron chi connectivity index (χ0n) is 15.9. The van der Waals surface area contributed by atoms with Crippen LogP contribution in [0.1, 0.15) is 35.3 Å². The van der Waals surface area contributed by atoms with Gasteiger partial charge in [0.2, 0.25) is 0 Å². The Kier molecular flexibility index (Phi) is 4.87. The SMILES string of the molecule is CC1(C)[C@@](C#N)(C=C(F)F)[C@]1(Cc1cccc(C(=O)c2ccccc2)c1)C(=O)O. The lowest BCUT2D eigenvalue weighted by Gasteiger charge is -2.16. The predicted molar refractivity (Wildman–Crippen MR) is 102 cm³/mol. The van der Waals surface area contributed by atoms with Crippen molar-refractivity contribution in [3.05, 3.63) is 83.4 Å². The number of hydrogen-bond donors (Lipinski definition) is 1. The molecule has 0 bridgehead atoms. The van der Waals surface area contributed by atoms with Gasteiger partial charge in [-0.25, -0.2) is 0 Å². The van der Waals surface area contributed by atoms with Crippen LogP contribution in [0.3, 0.4) is 0 Å². The summed E-state index contributed by atoms with van der Waals surface area (Å²) >= 11 is 0. The highest BCUT2D eigenvalue weighted by Crippen LogP contribution is 2.80. The smallest absolute Gasteiger partial charge is 0.312 e. The Morgan fingerprint density at radius 2 is 1.69 bits per heavy atom. The van der Waals surface area contributed by atoms with Crippen molar-refractivity contribution in [3.8, 4) is 6.07 Å². The van der Waals surface area contributed by atoms with E-state index in [0.717, 1.165) is 0 Å². The van der Waals surface area contributed by atoms with Crippen LogP contribution in [-0.2, 0) is 11.2 Å². The fraction of sp³-hybridized carbons (Fsp3) is 0.261. The zero-order valence-corrected chi connectivity index (χ0v) is 15.9. The van der Waals surface area contributed by atoms with Gasteiger partial charge in [-0.1, -0.05) is 62.4 Å². The highest BCUT2D eigenvalue weighted by atomic mass is 19.3. The van der Waals surface area contributed by atoms with Crippen LogP contribution < -0.4 is 0 Å². The van der Waals surface area contributed by atoms with Crippen molar-refractivity contribution >= 4 is 11.8 Å². The van der Waals surface area contributed by atoms with Gasteiger partial charge >= 0.3 is 5.97 Å². The second-order valence-electron chi connectivity index (χ2n) is 7.76. The summed E-state index contributed by atoms with van der Waals surface area (Å²) in [6, 6.07) is 16.9. The van der Waals surface area contributed by atoms with Crippen molar-refractivity contribution in [3.63, 3.8) is 0 Å². The number of nitriles is 1. The molecule has 0 unspecified atom stereocenters. The van der Waals surface area contributed by atoms with E-state index in [0.29, 0.717) is 22.8 Å². The number of ketones is 1. The molecule has 0 amide bonds. The quantitative estimate of drug-likeness (QED) is 0.709. The molecule has 3 rings (SSSR count). The van der Waals surface area contributed by atoms with E-state index in [2.05, 4.69) is 0 Å². The van der Waals surface area contributed by atoms with Crippen LogP contribution in [0.5, 0.6) is 0 Å². The number of nitrogens with zero attached hydrogens (tertiary/aromatic N) is 1. The number of rotatable bonds is 6. The highest BCUT2D eigenvalue weighted by molar-refractivity contribution is 6.09. The molecular weight excluding hydrogens is 376 g/mol. The maximum absolute atomic E-state index is 13.1. The average Bonchev–Trinajstić information content (AvgIpc) is 3.10. The largest absolute Gasteiger partial charge is 0.481 e. The van der Waals surface area contributed by atoms with Crippen molar-refractivity contribution in [2.75, 3.05) is 0 Å². The lowest BCUT2D eigenvalue weighted by Crippen LogP contribution is -2.26. The molecule has 0 aromatic heterocycles. The molecule has 2 aromatic carbocycles. The summed E-state index contributed by atoms with van der Waals surface area (Å²) in [4.78, 5) is 24.9. The van der Waals surface area contributed by atoms with Crippen molar-refractivity contribution in [2.45, 2.75) is 20.3 Å². The second-order valence-corrected chi connectivity index (χ2v) is 7.76. The van der Waals surface area contributed by atoms with Gasteiger partial charge in [0.15, 0.2) is 5.78 Å². The monoisotopic (exact) mass is 395 g/mol. The van der Waals surface area contributed by atoms with Crippen molar-refractivity contribution < 1.29 is 23.5 Å². The fourth-order valence-electron chi connectivity index (χ4n) is 4.49. The summed E-state index contributed by atoms with van der Waals surface area (Å²) in [6.07, 6.45) is -1.78. The van der Waals surface area contributed by atoms with Gasteiger partial charge in [0.25, 0.3) is 6.08 Å². The van der Waals surface area contributed by atoms with Crippen LogP contribution in [0.4, 0.5) is 8.78 Å². The molecule has 1 saturated carbocycles. The third kappa shape index (κ3) is 2.85. The van der Waals surface area contributed by atoms with E-state index >= 15 is 0 Å². The first kappa shape index (κ1) is 20.4. The van der Waals surface area contributed by atoms with Crippen LogP contribution in [0.2, 0.25) is 0 Å². The number of halogens is 2. The van der Waals surface area contributed by atoms with Gasteiger partial charge in [0.1, 0.15) is 10.8 Å². The number of carbonyl (C=O) groups excluding carboxylic acids is 1. The Hall–Kier alpha value is -3.33. The third-order valence-corrected chi connectivity index (χ3v) is 6.22. The van der Waals surface area contributed by atoms with Gasteiger partial charge in [-0.2, -0.15) is 14.0 Å². The molecule has 0 spiro atoms. The van der Waals surface area contributed by atoms with Crippen LogP contribution >= 0.6 is 0 Å². The number of benzene rings is 2. The topological polar surface area (TPSA) is 78.2 Å². The minimum absolute atomic E-state index is 0.150. The fourth-order valence-corrected chi connectivity index (χ4v) is 4.49. The second kappa shape index (κ2) is 6.93. The normalized spacial score (nSPS) is 24.2. The Morgan fingerprint density at radius 3 is 2.24 bits per heavy atom. The van der Waals surface area contributed by atoms with Crippen molar-refractivity contribution in [2.24, 2.45) is 16.2 Å². The molecule has 1 aliphatic carbocycles. The van der Waals surface area contributed by atoms with E-state index in [1.54, 1.807) is 54.6 Å². The van der Waals surface area contributed by atoms with Crippen LogP contribution in [-0.4, -0.2) is 16.9 Å². The number of allylic oxidation sites excluding steroid dienone is 1. The van der Waals surface area contributed by atoms with Crippen molar-refractivity contribution in [1.29, 1.82) is 5.26 Å².